The van der Waals surface area contributed by atoms with Gasteiger partial charge < -0.3 is 13.4 Å². The van der Waals surface area contributed by atoms with Crippen molar-refractivity contribution in [3.05, 3.63) is 248 Å². The van der Waals surface area contributed by atoms with Crippen LogP contribution in [-0.2, 0) is 0 Å². The third-order valence-corrected chi connectivity index (χ3v) is 15.1. The van der Waals surface area contributed by atoms with Gasteiger partial charge in [-0.25, -0.2) is 4.98 Å². The summed E-state index contributed by atoms with van der Waals surface area (Å²) < 4.78 is 17.6. The molecule has 0 atom stereocenters. The largest absolute Gasteiger partial charge is 0.455 e. The molecule has 0 spiro atoms. The summed E-state index contributed by atoms with van der Waals surface area (Å²) in [6.07, 6.45) is 5.94. The Balaban J connectivity index is 0.902. The van der Waals surface area contributed by atoms with Crippen LogP contribution in [0.25, 0.3) is 156 Å². The van der Waals surface area contributed by atoms with Crippen molar-refractivity contribution in [2.45, 2.75) is 6.92 Å². The minimum Gasteiger partial charge on any atom is -0.455 e. The first-order valence-corrected chi connectivity index (χ1v) is 25.9. The van der Waals surface area contributed by atoms with Gasteiger partial charge in [-0.1, -0.05) is 183 Å². The summed E-state index contributed by atoms with van der Waals surface area (Å²) in [6.45, 7) is 6.11. The van der Waals surface area contributed by atoms with Crippen molar-refractivity contribution >= 4 is 88.7 Å². The lowest BCUT2D eigenvalue weighted by molar-refractivity contribution is 0.604. The molecule has 7 heteroatoms. The van der Waals surface area contributed by atoms with Gasteiger partial charge in [0.2, 0.25) is 5.95 Å². The third kappa shape index (κ3) is 7.09. The first-order chi connectivity index (χ1) is 38.1. The van der Waals surface area contributed by atoms with Crippen LogP contribution < -0.4 is 0 Å². The number of aromatic nitrogens is 5. The normalized spacial score (nSPS) is 12.0. The highest BCUT2D eigenvalue weighted by Gasteiger charge is 2.22. The minimum absolute atomic E-state index is 0.560. The van der Waals surface area contributed by atoms with E-state index in [0.29, 0.717) is 17.6 Å². The molecular formula is C70H45N5O2. The highest BCUT2D eigenvalue weighted by atomic mass is 16.3. The molecule has 10 aromatic carbocycles. The zero-order chi connectivity index (χ0) is 51.1. The highest BCUT2D eigenvalue weighted by Crippen LogP contribution is 2.43. The van der Waals surface area contributed by atoms with Crippen molar-refractivity contribution in [1.82, 2.24) is 24.1 Å². The molecule has 0 radical (unpaired) electrons. The van der Waals surface area contributed by atoms with Crippen LogP contribution in [-0.4, -0.2) is 24.1 Å². The molecule has 5 heterocycles. The molecule has 362 valence electrons. The maximum Gasteiger partial charge on any atom is 0.238 e. The molecule has 0 aliphatic carbocycles. The predicted octanol–water partition coefficient (Wildman–Crippen LogP) is 18.7. The third-order valence-electron chi connectivity index (χ3n) is 15.1. The van der Waals surface area contributed by atoms with Gasteiger partial charge in [0.15, 0.2) is 11.6 Å². The Morgan fingerprint density at radius 1 is 0.390 bits per heavy atom. The van der Waals surface area contributed by atoms with Crippen LogP contribution >= 0.6 is 0 Å². The second-order valence-corrected chi connectivity index (χ2v) is 19.5. The van der Waals surface area contributed by atoms with Crippen LogP contribution in [0.5, 0.6) is 0 Å². The molecule has 0 amide bonds. The van der Waals surface area contributed by atoms with E-state index in [1.165, 1.54) is 0 Å². The maximum atomic E-state index is 6.58. The monoisotopic (exact) mass is 987 g/mol. The van der Waals surface area contributed by atoms with Gasteiger partial charge in [-0.15, -0.1) is 0 Å². The van der Waals surface area contributed by atoms with Crippen molar-refractivity contribution in [3.8, 4) is 67.8 Å². The van der Waals surface area contributed by atoms with Crippen molar-refractivity contribution < 1.29 is 8.83 Å². The van der Waals surface area contributed by atoms with Gasteiger partial charge in [0.1, 0.15) is 22.5 Å². The summed E-state index contributed by atoms with van der Waals surface area (Å²) in [5.41, 5.74) is 17.2. The van der Waals surface area contributed by atoms with E-state index in [4.69, 9.17) is 23.8 Å². The van der Waals surface area contributed by atoms with Crippen molar-refractivity contribution in [2.24, 2.45) is 0 Å². The molecule has 0 N–H and O–H groups in total. The Morgan fingerprint density at radius 2 is 0.896 bits per heavy atom. The molecule has 15 rings (SSSR count). The fourth-order valence-electron chi connectivity index (χ4n) is 11.6. The molecule has 5 aromatic heterocycles. The van der Waals surface area contributed by atoms with Gasteiger partial charge in [0, 0.05) is 71.2 Å². The molecule has 0 unspecified atom stereocenters. The summed E-state index contributed by atoms with van der Waals surface area (Å²) in [5, 5.41) is 7.77. The van der Waals surface area contributed by atoms with E-state index in [0.717, 1.165) is 138 Å². The number of rotatable bonds is 9. The minimum atomic E-state index is 0.560. The number of allylic oxidation sites excluding steroid dienone is 1. The standard InChI is InChI=1S/C70H45N5O2/c1-3-17-53-55-26-16-25-51(67(55)76-64(53)4-2)48-34-39-62-59(42-48)58-41-47(32-37-61(58)74(62)49-35-30-43(31-36-49)50-24-15-27-56-54-23-12-14-29-65(54)77-66(50)56)46-33-38-63-57(40-46)52-22-11-13-28-60(52)75(63)70-72-68(44-18-7-5-8-19-44)71-69(73-70)45-20-9-6-10-21-45/h3-42H,2H2,1H3/b17-3-. The molecular weight excluding hydrogens is 943 g/mol. The number of para-hydroxylation sites is 4. The molecule has 0 aliphatic rings. The van der Waals surface area contributed by atoms with Crippen LogP contribution in [0.15, 0.2) is 246 Å². The lowest BCUT2D eigenvalue weighted by atomic mass is 9.98. The number of fused-ring (bicyclic) bond motifs is 10. The van der Waals surface area contributed by atoms with E-state index in [-0.39, 0.29) is 0 Å². The van der Waals surface area contributed by atoms with Gasteiger partial charge >= 0.3 is 0 Å². The van der Waals surface area contributed by atoms with Gasteiger partial charge in [0.05, 0.1) is 22.1 Å². The Labute approximate surface area is 442 Å². The molecule has 0 bridgehead atoms. The van der Waals surface area contributed by atoms with E-state index in [2.05, 4.69) is 173 Å². The summed E-state index contributed by atoms with van der Waals surface area (Å²) in [7, 11) is 0. The van der Waals surface area contributed by atoms with E-state index < -0.39 is 0 Å². The lowest BCUT2D eigenvalue weighted by Gasteiger charge is -2.11. The molecule has 15 aromatic rings. The zero-order valence-electron chi connectivity index (χ0n) is 41.9. The molecule has 7 nitrogen and oxygen atoms in total. The second kappa shape index (κ2) is 17.6. The Morgan fingerprint density at radius 3 is 1.56 bits per heavy atom. The molecule has 0 saturated heterocycles. The van der Waals surface area contributed by atoms with Gasteiger partial charge in [-0.2, -0.15) is 9.97 Å². The average Bonchev–Trinajstić information content (AvgIpc) is 4.29. The van der Waals surface area contributed by atoms with Gasteiger partial charge in [-0.05, 0) is 95.9 Å². The summed E-state index contributed by atoms with van der Waals surface area (Å²) in [5.74, 6) is 2.55. The van der Waals surface area contributed by atoms with Crippen molar-refractivity contribution in [2.75, 3.05) is 0 Å². The molecule has 0 fully saturated rings. The Hall–Kier alpha value is -10.4. The SMILES string of the molecule is C=Cc1oc2c(-c3ccc4c(c3)c3cc(-c5ccc6c(c5)c5ccccc5n6-c5nc(-c6ccccc6)nc(-c6ccccc6)n5)ccc3n4-c3ccc(-c4cccc5c4oc4ccccc45)cc3)cccc2c1/C=C\C. The molecule has 0 aliphatic heterocycles. The summed E-state index contributed by atoms with van der Waals surface area (Å²) in [6, 6.07) is 79.1. The predicted molar refractivity (Wildman–Crippen MR) is 318 cm³/mol. The fourth-order valence-corrected chi connectivity index (χ4v) is 11.6. The number of furan rings is 2. The Kier molecular flexibility index (Phi) is 10.1. The number of hydrogen-bond acceptors (Lipinski definition) is 5. The van der Waals surface area contributed by atoms with E-state index in [1.807, 2.05) is 85.8 Å². The number of hydrogen-bond donors (Lipinski definition) is 0. The van der Waals surface area contributed by atoms with Crippen LogP contribution in [0.1, 0.15) is 18.2 Å². The topological polar surface area (TPSA) is 74.8 Å². The van der Waals surface area contributed by atoms with Crippen LogP contribution in [0, 0.1) is 0 Å². The number of nitrogens with zero attached hydrogens (tertiary/aromatic N) is 5. The first-order valence-electron chi connectivity index (χ1n) is 25.9. The quantitative estimate of drug-likeness (QED) is 0.144. The van der Waals surface area contributed by atoms with Crippen LogP contribution in [0.3, 0.4) is 0 Å². The van der Waals surface area contributed by atoms with Crippen LogP contribution in [0.4, 0.5) is 0 Å². The fraction of sp³-hybridized carbons (Fsp3) is 0.0143. The van der Waals surface area contributed by atoms with E-state index in [1.54, 1.807) is 6.08 Å². The van der Waals surface area contributed by atoms with Gasteiger partial charge in [0.25, 0.3) is 0 Å². The van der Waals surface area contributed by atoms with Gasteiger partial charge in [-0.3, -0.25) is 4.57 Å². The summed E-state index contributed by atoms with van der Waals surface area (Å²) >= 11 is 0. The number of benzene rings is 10. The first kappa shape index (κ1) is 44.1. The van der Waals surface area contributed by atoms with E-state index >= 15 is 0 Å². The summed E-state index contributed by atoms with van der Waals surface area (Å²) in [4.78, 5) is 15.3. The van der Waals surface area contributed by atoms with Crippen LogP contribution in [0.2, 0.25) is 0 Å². The maximum absolute atomic E-state index is 6.58. The lowest BCUT2D eigenvalue weighted by Crippen LogP contribution is -2.06. The Bertz CT molecular complexity index is 4820. The van der Waals surface area contributed by atoms with Crippen molar-refractivity contribution in [1.29, 1.82) is 0 Å². The highest BCUT2D eigenvalue weighted by molar-refractivity contribution is 6.14. The molecule has 77 heavy (non-hydrogen) atoms. The van der Waals surface area contributed by atoms with Crippen molar-refractivity contribution in [3.63, 3.8) is 0 Å². The average molecular weight is 988 g/mol. The van der Waals surface area contributed by atoms with E-state index in [9.17, 15) is 0 Å². The zero-order valence-corrected chi connectivity index (χ0v) is 41.9. The molecule has 0 saturated carbocycles. The smallest absolute Gasteiger partial charge is 0.238 e. The second-order valence-electron chi connectivity index (χ2n) is 19.5.